The number of hydrogen-bond acceptors (Lipinski definition) is 3. The second kappa shape index (κ2) is 7.34. The highest BCUT2D eigenvalue weighted by atomic mass is 35.5. The molecule has 0 aromatic heterocycles. The average Bonchev–Trinajstić information content (AvgIpc) is 2.40. The van der Waals surface area contributed by atoms with E-state index in [2.05, 4.69) is 24.1 Å². The van der Waals surface area contributed by atoms with Crippen molar-refractivity contribution in [1.82, 2.24) is 4.90 Å². The van der Waals surface area contributed by atoms with Gasteiger partial charge in [-0.3, -0.25) is 4.79 Å². The zero-order valence-corrected chi connectivity index (χ0v) is 13.2. The molecule has 1 fully saturated rings. The van der Waals surface area contributed by atoms with Gasteiger partial charge >= 0.3 is 5.97 Å². The van der Waals surface area contributed by atoms with Gasteiger partial charge in [-0.25, -0.2) is 0 Å². The third-order valence-electron chi connectivity index (χ3n) is 3.79. The molecule has 1 aliphatic rings. The lowest BCUT2D eigenvalue weighted by Gasteiger charge is -2.37. The molecule has 0 radical (unpaired) electrons. The zero-order chi connectivity index (χ0) is 14.5. The Labute approximate surface area is 129 Å². The fraction of sp³-hybridized carbons (Fsp3) is 0.533. The van der Waals surface area contributed by atoms with Gasteiger partial charge in [0.15, 0.2) is 0 Å². The number of likely N-dealkylation sites (tertiary alicyclic amines) is 1. The molecule has 3 nitrogen and oxygen atoms in total. The fourth-order valence-corrected chi connectivity index (χ4v) is 3.89. The molecule has 0 aliphatic carbocycles. The average molecular weight is 314 g/mol. The van der Waals surface area contributed by atoms with Gasteiger partial charge in [0.1, 0.15) is 0 Å². The Hall–Kier alpha value is -0.710. The highest BCUT2D eigenvalue weighted by molar-refractivity contribution is 7.99. The van der Waals surface area contributed by atoms with Gasteiger partial charge in [-0.2, -0.15) is 0 Å². The summed E-state index contributed by atoms with van der Waals surface area (Å²) >= 11 is 7.47. The van der Waals surface area contributed by atoms with Crippen LogP contribution in [0.15, 0.2) is 24.3 Å². The molecule has 110 valence electrons. The van der Waals surface area contributed by atoms with Gasteiger partial charge in [0, 0.05) is 11.6 Å². The van der Waals surface area contributed by atoms with Crippen LogP contribution < -0.4 is 0 Å². The predicted octanol–water partition coefficient (Wildman–Crippen LogP) is 3.19. The highest BCUT2D eigenvalue weighted by Gasteiger charge is 2.28. The summed E-state index contributed by atoms with van der Waals surface area (Å²) < 4.78 is 0. The van der Waals surface area contributed by atoms with Crippen LogP contribution in [-0.2, 0) is 4.79 Å². The summed E-state index contributed by atoms with van der Waals surface area (Å²) in [4.78, 5) is 13.0. The Kier molecular flexibility index (Phi) is 5.75. The molecule has 1 aliphatic heterocycles. The van der Waals surface area contributed by atoms with Crippen molar-refractivity contribution in [3.05, 3.63) is 34.9 Å². The van der Waals surface area contributed by atoms with E-state index >= 15 is 0 Å². The SMILES string of the molecule is CN1CCC(c2ccc(Cl)cc2)C(CSCC(=O)O)C1. The number of aliphatic carboxylic acids is 1. The topological polar surface area (TPSA) is 40.5 Å². The number of hydrogen-bond donors (Lipinski definition) is 1. The van der Waals surface area contributed by atoms with E-state index in [1.54, 1.807) is 0 Å². The monoisotopic (exact) mass is 313 g/mol. The zero-order valence-electron chi connectivity index (χ0n) is 11.6. The van der Waals surface area contributed by atoms with E-state index < -0.39 is 5.97 Å². The molecule has 5 heteroatoms. The molecule has 20 heavy (non-hydrogen) atoms. The van der Waals surface area contributed by atoms with E-state index in [0.29, 0.717) is 11.8 Å². The minimum atomic E-state index is -0.734. The molecule has 0 amide bonds. The number of thioether (sulfide) groups is 1. The standard InChI is InChI=1S/C15H20ClNO2S/c1-17-7-6-14(11-2-4-13(16)5-3-11)12(8-17)9-20-10-15(18)19/h2-5,12,14H,6-10H2,1H3,(H,18,19). The molecule has 0 saturated carbocycles. The maximum Gasteiger partial charge on any atom is 0.313 e. The number of carboxylic acids is 1. The van der Waals surface area contributed by atoms with Crippen LogP contribution in [0.25, 0.3) is 0 Å². The van der Waals surface area contributed by atoms with Gasteiger partial charge < -0.3 is 10.0 Å². The molecule has 1 N–H and O–H groups in total. The lowest BCUT2D eigenvalue weighted by molar-refractivity contribution is -0.133. The normalized spacial score (nSPS) is 23.7. The molecule has 1 saturated heterocycles. The van der Waals surface area contributed by atoms with Gasteiger partial charge in [0.25, 0.3) is 0 Å². The largest absolute Gasteiger partial charge is 0.481 e. The lowest BCUT2D eigenvalue weighted by Crippen LogP contribution is -2.38. The van der Waals surface area contributed by atoms with Gasteiger partial charge in [0.05, 0.1) is 5.75 Å². The number of carboxylic acid groups (broad SMARTS) is 1. The smallest absolute Gasteiger partial charge is 0.313 e. The molecule has 2 rings (SSSR count). The summed E-state index contributed by atoms with van der Waals surface area (Å²) in [5.74, 6) is 1.35. The second-order valence-corrected chi connectivity index (χ2v) is 6.84. The summed E-state index contributed by atoms with van der Waals surface area (Å²) in [7, 11) is 2.13. The van der Waals surface area contributed by atoms with E-state index in [4.69, 9.17) is 16.7 Å². The summed E-state index contributed by atoms with van der Waals surface area (Å²) in [5.41, 5.74) is 1.32. The quantitative estimate of drug-likeness (QED) is 0.906. The Morgan fingerprint density at radius 3 is 2.80 bits per heavy atom. The first-order valence-electron chi connectivity index (χ1n) is 6.80. The lowest BCUT2D eigenvalue weighted by atomic mass is 9.81. The number of piperidine rings is 1. The molecule has 0 spiro atoms. The Balaban J connectivity index is 2.03. The number of benzene rings is 1. The van der Waals surface area contributed by atoms with Gasteiger partial charge in [0.2, 0.25) is 0 Å². The van der Waals surface area contributed by atoms with E-state index in [0.717, 1.165) is 30.3 Å². The van der Waals surface area contributed by atoms with Crippen molar-refractivity contribution in [2.45, 2.75) is 12.3 Å². The maximum atomic E-state index is 10.6. The van der Waals surface area contributed by atoms with E-state index in [-0.39, 0.29) is 5.75 Å². The van der Waals surface area contributed by atoms with Crippen molar-refractivity contribution < 1.29 is 9.90 Å². The highest BCUT2D eigenvalue weighted by Crippen LogP contribution is 2.35. The van der Waals surface area contributed by atoms with Crippen molar-refractivity contribution in [1.29, 1.82) is 0 Å². The Morgan fingerprint density at radius 2 is 2.15 bits per heavy atom. The molecule has 2 atom stereocenters. The number of halogens is 1. The van der Waals surface area contributed by atoms with E-state index in [1.807, 2.05) is 12.1 Å². The van der Waals surface area contributed by atoms with Crippen LogP contribution in [-0.4, -0.2) is 47.6 Å². The predicted molar refractivity (Wildman–Crippen MR) is 84.8 cm³/mol. The van der Waals surface area contributed by atoms with Crippen LogP contribution in [0.5, 0.6) is 0 Å². The van der Waals surface area contributed by atoms with Crippen LogP contribution in [0.1, 0.15) is 17.9 Å². The number of rotatable bonds is 5. The van der Waals surface area contributed by atoms with Crippen molar-refractivity contribution in [2.24, 2.45) is 5.92 Å². The maximum absolute atomic E-state index is 10.6. The first-order valence-corrected chi connectivity index (χ1v) is 8.33. The second-order valence-electron chi connectivity index (χ2n) is 5.38. The van der Waals surface area contributed by atoms with Crippen LogP contribution in [0, 0.1) is 5.92 Å². The van der Waals surface area contributed by atoms with Crippen LogP contribution in [0.2, 0.25) is 5.02 Å². The van der Waals surface area contributed by atoms with Crippen molar-refractivity contribution in [3.8, 4) is 0 Å². The number of nitrogens with zero attached hydrogens (tertiary/aromatic N) is 1. The van der Waals surface area contributed by atoms with Gasteiger partial charge in [-0.05, 0) is 55.3 Å². The molecular weight excluding hydrogens is 294 g/mol. The first-order chi connectivity index (χ1) is 9.56. The van der Waals surface area contributed by atoms with Crippen LogP contribution >= 0.6 is 23.4 Å². The summed E-state index contributed by atoms with van der Waals surface area (Å²) in [5, 5.41) is 9.52. The summed E-state index contributed by atoms with van der Waals surface area (Å²) in [6.07, 6.45) is 1.12. The minimum absolute atomic E-state index is 0.188. The van der Waals surface area contributed by atoms with Gasteiger partial charge in [-0.1, -0.05) is 23.7 Å². The third-order valence-corrected chi connectivity index (χ3v) is 5.16. The number of carbonyl (C=O) groups is 1. The molecule has 1 heterocycles. The van der Waals surface area contributed by atoms with E-state index in [1.165, 1.54) is 17.3 Å². The van der Waals surface area contributed by atoms with Gasteiger partial charge in [-0.15, -0.1) is 11.8 Å². The van der Waals surface area contributed by atoms with Crippen LogP contribution in [0.3, 0.4) is 0 Å². The van der Waals surface area contributed by atoms with E-state index in [9.17, 15) is 4.79 Å². The van der Waals surface area contributed by atoms with Crippen molar-refractivity contribution in [3.63, 3.8) is 0 Å². The Bertz CT molecular complexity index is 452. The van der Waals surface area contributed by atoms with Crippen molar-refractivity contribution >= 4 is 29.3 Å². The summed E-state index contributed by atoms with van der Waals surface area (Å²) in [6, 6.07) is 8.09. The molecular formula is C15H20ClNO2S. The fourth-order valence-electron chi connectivity index (χ4n) is 2.83. The van der Waals surface area contributed by atoms with Crippen molar-refractivity contribution in [2.75, 3.05) is 31.6 Å². The van der Waals surface area contributed by atoms with Crippen LogP contribution in [0.4, 0.5) is 0 Å². The molecule has 0 bridgehead atoms. The first kappa shape index (κ1) is 15.7. The molecule has 1 aromatic carbocycles. The molecule has 2 unspecified atom stereocenters. The molecule has 1 aromatic rings. The summed E-state index contributed by atoms with van der Waals surface area (Å²) in [6.45, 7) is 2.12. The Morgan fingerprint density at radius 1 is 1.45 bits per heavy atom. The minimum Gasteiger partial charge on any atom is -0.481 e. The third kappa shape index (κ3) is 4.40.